The second kappa shape index (κ2) is 11.3. The summed E-state index contributed by atoms with van der Waals surface area (Å²) in [5.74, 6) is -4.53. The Morgan fingerprint density at radius 2 is 1.71 bits per heavy atom. The number of benzene rings is 1. The summed E-state index contributed by atoms with van der Waals surface area (Å²) in [6.07, 6.45) is 5.20. The van der Waals surface area contributed by atoms with Gasteiger partial charge in [0, 0.05) is 36.1 Å². The SMILES string of the molecule is COc1cc(C2C3=CCC4C(=O)N(CCCCCC(=O)O)C(=O)C4C3CC3=C2C(=O)C=C(Br)C3=O)cc(OC)c1O. The van der Waals surface area contributed by atoms with Crippen molar-refractivity contribution in [2.75, 3.05) is 20.8 Å². The van der Waals surface area contributed by atoms with Crippen LogP contribution in [0.25, 0.3) is 0 Å². The monoisotopic (exact) mass is 627 g/mol. The van der Waals surface area contributed by atoms with Gasteiger partial charge in [-0.05, 0) is 65.2 Å². The molecule has 0 spiro atoms. The maximum Gasteiger partial charge on any atom is 0.303 e. The molecule has 1 fully saturated rings. The number of carboxylic acid groups (broad SMARTS) is 1. The van der Waals surface area contributed by atoms with E-state index in [9.17, 15) is 29.1 Å². The van der Waals surface area contributed by atoms with Crippen molar-refractivity contribution in [2.45, 2.75) is 44.4 Å². The Morgan fingerprint density at radius 3 is 2.34 bits per heavy atom. The number of Topliss-reactive ketones (excluding diaryl/α,β-unsaturated/α-hetero) is 1. The van der Waals surface area contributed by atoms with E-state index in [0.29, 0.717) is 42.4 Å². The first kappa shape index (κ1) is 28.8. The minimum atomic E-state index is -0.885. The first-order valence-electron chi connectivity index (χ1n) is 13.5. The van der Waals surface area contributed by atoms with Gasteiger partial charge in [0.2, 0.25) is 17.6 Å². The number of hydrogen-bond donors (Lipinski definition) is 2. The molecule has 0 aromatic heterocycles. The van der Waals surface area contributed by atoms with E-state index in [1.165, 1.54) is 25.2 Å². The Bertz CT molecular complexity index is 1430. The molecule has 4 aliphatic rings. The maximum atomic E-state index is 13.8. The highest BCUT2D eigenvalue weighted by Gasteiger charge is 2.56. The lowest BCUT2D eigenvalue weighted by Crippen LogP contribution is -2.39. The molecule has 1 heterocycles. The number of likely N-dealkylation sites (tertiary alicyclic amines) is 1. The Kier molecular flexibility index (Phi) is 7.91. The number of amides is 2. The number of carboxylic acids is 1. The first-order chi connectivity index (χ1) is 19.6. The largest absolute Gasteiger partial charge is 0.502 e. The van der Waals surface area contributed by atoms with E-state index in [-0.39, 0.29) is 64.5 Å². The Morgan fingerprint density at radius 1 is 1.02 bits per heavy atom. The van der Waals surface area contributed by atoms with E-state index in [1.54, 1.807) is 12.1 Å². The third kappa shape index (κ3) is 4.90. The van der Waals surface area contributed by atoms with Gasteiger partial charge in [0.25, 0.3) is 0 Å². The summed E-state index contributed by atoms with van der Waals surface area (Å²) >= 11 is 3.22. The number of carbonyl (C=O) groups is 5. The van der Waals surface area contributed by atoms with E-state index in [0.717, 1.165) is 5.57 Å². The van der Waals surface area contributed by atoms with Gasteiger partial charge in [-0.3, -0.25) is 28.9 Å². The van der Waals surface area contributed by atoms with Crippen LogP contribution in [0.4, 0.5) is 0 Å². The third-order valence-corrected chi connectivity index (χ3v) is 9.12. The lowest BCUT2D eigenvalue weighted by Gasteiger charge is -2.42. The van der Waals surface area contributed by atoms with Crippen LogP contribution in [0.1, 0.15) is 50.0 Å². The lowest BCUT2D eigenvalue weighted by atomic mass is 9.59. The number of carbonyl (C=O) groups excluding carboxylic acids is 4. The van der Waals surface area contributed by atoms with E-state index >= 15 is 0 Å². The second-order valence-corrected chi connectivity index (χ2v) is 11.6. The highest BCUT2D eigenvalue weighted by Crippen LogP contribution is 2.56. The van der Waals surface area contributed by atoms with Crippen molar-refractivity contribution in [1.82, 2.24) is 4.90 Å². The highest BCUT2D eigenvalue weighted by atomic mass is 79.9. The van der Waals surface area contributed by atoms with Crippen LogP contribution in [0.5, 0.6) is 17.2 Å². The number of phenolic OH excluding ortho intramolecular Hbond substituents is 1. The summed E-state index contributed by atoms with van der Waals surface area (Å²) in [5, 5.41) is 19.4. The van der Waals surface area contributed by atoms with Crippen LogP contribution < -0.4 is 9.47 Å². The number of rotatable bonds is 9. The fraction of sp³-hybridized carbons (Fsp3) is 0.433. The molecule has 4 atom stereocenters. The van der Waals surface area contributed by atoms with Crippen molar-refractivity contribution in [2.24, 2.45) is 17.8 Å². The molecular formula is C30H30BrNO9. The van der Waals surface area contributed by atoms with E-state index in [1.807, 2.05) is 6.08 Å². The number of hydrogen-bond acceptors (Lipinski definition) is 8. The number of aliphatic carboxylic acids is 1. The van der Waals surface area contributed by atoms with E-state index < -0.39 is 29.6 Å². The summed E-state index contributed by atoms with van der Waals surface area (Å²) in [4.78, 5) is 66.0. The number of allylic oxidation sites excluding steroid dienone is 6. The van der Waals surface area contributed by atoms with Gasteiger partial charge in [-0.1, -0.05) is 18.1 Å². The third-order valence-electron chi connectivity index (χ3n) is 8.53. The topological polar surface area (TPSA) is 148 Å². The number of ketones is 2. The zero-order chi connectivity index (χ0) is 29.6. The van der Waals surface area contributed by atoms with Gasteiger partial charge in [0.15, 0.2) is 23.1 Å². The van der Waals surface area contributed by atoms with Crippen LogP contribution in [-0.2, 0) is 24.0 Å². The van der Waals surface area contributed by atoms with Gasteiger partial charge in [-0.15, -0.1) is 0 Å². The molecule has 2 N–H and O–H groups in total. The molecule has 0 saturated carbocycles. The lowest BCUT2D eigenvalue weighted by molar-refractivity contribution is -0.141. The molecule has 3 aliphatic carbocycles. The Balaban J connectivity index is 1.54. The molecule has 1 aromatic rings. The van der Waals surface area contributed by atoms with Crippen LogP contribution in [0, 0.1) is 17.8 Å². The molecule has 41 heavy (non-hydrogen) atoms. The predicted octanol–water partition coefficient (Wildman–Crippen LogP) is 3.82. The molecule has 216 valence electrons. The van der Waals surface area contributed by atoms with E-state index in [4.69, 9.17) is 14.6 Å². The molecule has 1 aromatic carbocycles. The molecule has 11 heteroatoms. The fourth-order valence-corrected chi connectivity index (χ4v) is 7.12. The summed E-state index contributed by atoms with van der Waals surface area (Å²) in [5.41, 5.74) is 1.94. The van der Waals surface area contributed by atoms with Crippen LogP contribution in [-0.4, -0.2) is 65.2 Å². The van der Waals surface area contributed by atoms with Crippen molar-refractivity contribution in [3.63, 3.8) is 0 Å². The normalized spacial score (nSPS) is 25.4. The number of phenols is 1. The van der Waals surface area contributed by atoms with Gasteiger partial charge in [0.1, 0.15) is 0 Å². The maximum absolute atomic E-state index is 13.8. The molecule has 2 amide bonds. The average molecular weight is 628 g/mol. The van der Waals surface area contributed by atoms with Crippen molar-refractivity contribution in [3.05, 3.63) is 51.0 Å². The van der Waals surface area contributed by atoms with Gasteiger partial charge in [-0.25, -0.2) is 0 Å². The van der Waals surface area contributed by atoms with Crippen molar-refractivity contribution >= 4 is 45.3 Å². The number of aromatic hydroxyl groups is 1. The van der Waals surface area contributed by atoms with Crippen LogP contribution in [0.15, 0.2) is 45.5 Å². The summed E-state index contributed by atoms with van der Waals surface area (Å²) in [6, 6.07) is 3.19. The number of halogens is 1. The van der Waals surface area contributed by atoms with Crippen LogP contribution in [0.2, 0.25) is 0 Å². The Hall–Kier alpha value is -3.73. The number of ether oxygens (including phenoxy) is 2. The zero-order valence-electron chi connectivity index (χ0n) is 22.6. The van der Waals surface area contributed by atoms with Gasteiger partial charge >= 0.3 is 5.97 Å². The van der Waals surface area contributed by atoms with Crippen LogP contribution in [0.3, 0.4) is 0 Å². The second-order valence-electron chi connectivity index (χ2n) is 10.7. The number of imide groups is 1. The quantitative estimate of drug-likeness (QED) is 0.180. The van der Waals surface area contributed by atoms with Crippen LogP contribution >= 0.6 is 15.9 Å². The molecule has 0 radical (unpaired) electrons. The summed E-state index contributed by atoms with van der Waals surface area (Å²) < 4.78 is 10.9. The molecule has 5 rings (SSSR count). The van der Waals surface area contributed by atoms with Gasteiger partial charge in [0.05, 0.1) is 30.5 Å². The number of unbranched alkanes of at least 4 members (excludes halogenated alkanes) is 2. The van der Waals surface area contributed by atoms with E-state index in [2.05, 4.69) is 15.9 Å². The number of nitrogens with zero attached hydrogens (tertiary/aromatic N) is 1. The first-order valence-corrected chi connectivity index (χ1v) is 14.3. The average Bonchev–Trinajstić information content (AvgIpc) is 3.19. The fourth-order valence-electron chi connectivity index (χ4n) is 6.68. The molecule has 0 bridgehead atoms. The molecule has 10 nitrogen and oxygen atoms in total. The number of fused-ring (bicyclic) bond motifs is 3. The van der Waals surface area contributed by atoms with Crippen molar-refractivity contribution < 1.29 is 43.7 Å². The van der Waals surface area contributed by atoms with Gasteiger partial charge < -0.3 is 19.7 Å². The minimum Gasteiger partial charge on any atom is -0.502 e. The molecule has 1 saturated heterocycles. The zero-order valence-corrected chi connectivity index (χ0v) is 24.2. The molecule has 1 aliphatic heterocycles. The smallest absolute Gasteiger partial charge is 0.303 e. The van der Waals surface area contributed by atoms with Crippen molar-refractivity contribution in [1.29, 1.82) is 0 Å². The molecule has 4 unspecified atom stereocenters. The van der Waals surface area contributed by atoms with Gasteiger partial charge in [-0.2, -0.15) is 0 Å². The summed E-state index contributed by atoms with van der Waals surface area (Å²) in [6.45, 7) is 0.210. The number of methoxy groups -OCH3 is 2. The van der Waals surface area contributed by atoms with Crippen molar-refractivity contribution in [3.8, 4) is 17.2 Å². The Labute approximate surface area is 244 Å². The predicted molar refractivity (Wildman–Crippen MR) is 149 cm³/mol. The summed E-state index contributed by atoms with van der Waals surface area (Å²) in [7, 11) is 2.79. The minimum absolute atomic E-state index is 0.0327. The standard InChI is InChI=1S/C30H30BrNO9/c1-40-21-10-14(11-22(41-2)28(21)37)24-15-7-8-16-25(17(15)12-18-26(24)20(33)13-19(31)27(18)36)30(39)32(29(16)38)9-5-3-4-6-23(34)35/h7,10-11,13,16-17,24-25,37H,3-6,8-9,12H2,1-2H3,(H,34,35). The highest BCUT2D eigenvalue weighted by molar-refractivity contribution is 9.12. The molecular weight excluding hydrogens is 598 g/mol.